The number of fused-ring (bicyclic) bond motifs is 1. The zero-order chi connectivity index (χ0) is 19.7. The topological polar surface area (TPSA) is 22.0 Å². The Balaban J connectivity index is 1.80. The zero-order valence-electron chi connectivity index (χ0n) is 16.0. The van der Waals surface area contributed by atoms with Gasteiger partial charge in [-0.25, -0.2) is 0 Å². The summed E-state index contributed by atoms with van der Waals surface area (Å²) in [5, 5.41) is 0. The summed E-state index contributed by atoms with van der Waals surface area (Å²) in [5.41, 5.74) is 2.17. The molecular formula is C23H26F3NO. The summed E-state index contributed by atoms with van der Waals surface area (Å²) in [6.45, 7) is 0.702. The third-order valence-electron chi connectivity index (χ3n) is 6.27. The Morgan fingerprint density at radius 2 is 1.71 bits per heavy atom. The van der Waals surface area contributed by atoms with E-state index >= 15 is 0 Å². The van der Waals surface area contributed by atoms with E-state index in [9.17, 15) is 18.0 Å². The molecule has 0 N–H and O–H groups in total. The van der Waals surface area contributed by atoms with Crippen molar-refractivity contribution in [3.05, 3.63) is 57.5 Å². The second-order valence-electron chi connectivity index (χ2n) is 8.24. The molecule has 1 aromatic heterocycles. The molecule has 1 aromatic carbocycles. The van der Waals surface area contributed by atoms with Crippen molar-refractivity contribution in [3.8, 4) is 11.1 Å². The highest BCUT2D eigenvalue weighted by atomic mass is 19.4. The van der Waals surface area contributed by atoms with Gasteiger partial charge in [-0.3, -0.25) is 4.79 Å². The number of nitrogens with zero attached hydrogens (tertiary/aromatic N) is 1. The van der Waals surface area contributed by atoms with E-state index in [0.29, 0.717) is 23.6 Å². The molecule has 1 heterocycles. The molecule has 0 unspecified atom stereocenters. The predicted octanol–water partition coefficient (Wildman–Crippen LogP) is 5.99. The number of pyridine rings is 1. The number of alkyl halides is 3. The molecule has 0 radical (unpaired) electrons. The molecule has 0 bridgehead atoms. The van der Waals surface area contributed by atoms with Crippen LogP contribution in [0.1, 0.15) is 61.8 Å². The molecule has 1 saturated carbocycles. The molecule has 2 aromatic rings. The van der Waals surface area contributed by atoms with Gasteiger partial charge in [-0.05, 0) is 73.8 Å². The van der Waals surface area contributed by atoms with Crippen LogP contribution in [-0.2, 0) is 25.6 Å². The highest BCUT2D eigenvalue weighted by molar-refractivity contribution is 5.65. The summed E-state index contributed by atoms with van der Waals surface area (Å²) in [4.78, 5) is 13.4. The van der Waals surface area contributed by atoms with Crippen LogP contribution in [0.3, 0.4) is 0 Å². The largest absolute Gasteiger partial charge is 0.416 e. The van der Waals surface area contributed by atoms with Crippen LogP contribution in [0.15, 0.2) is 35.1 Å². The van der Waals surface area contributed by atoms with Gasteiger partial charge in [0.2, 0.25) is 0 Å². The van der Waals surface area contributed by atoms with E-state index in [1.54, 1.807) is 6.07 Å². The number of hydrogen-bond donors (Lipinski definition) is 0. The third kappa shape index (κ3) is 3.89. The van der Waals surface area contributed by atoms with Crippen LogP contribution >= 0.6 is 0 Å². The van der Waals surface area contributed by atoms with E-state index in [1.807, 2.05) is 10.6 Å². The Bertz CT molecular complexity index is 907. The van der Waals surface area contributed by atoms with Gasteiger partial charge in [-0.15, -0.1) is 0 Å². The standard InChI is InChI=1S/C23H26F3NO/c24-23(25,26)19-11-6-10-17(13-19)20-14-18-9-4-5-12-21(18)27(22(20)28)15-16-7-2-1-3-8-16/h6,10-11,13-14,16H,1-5,7-9,12,15H2. The Kier molecular flexibility index (Phi) is 5.35. The molecule has 0 aliphatic heterocycles. The average molecular weight is 389 g/mol. The quantitative estimate of drug-likeness (QED) is 0.632. The maximum Gasteiger partial charge on any atom is 0.416 e. The zero-order valence-corrected chi connectivity index (χ0v) is 16.0. The van der Waals surface area contributed by atoms with Gasteiger partial charge in [0.1, 0.15) is 0 Å². The normalized spacial score (nSPS) is 18.1. The van der Waals surface area contributed by atoms with E-state index in [2.05, 4.69) is 0 Å². The molecule has 0 saturated heterocycles. The minimum Gasteiger partial charge on any atom is -0.312 e. The average Bonchev–Trinajstić information content (AvgIpc) is 2.70. The van der Waals surface area contributed by atoms with Crippen molar-refractivity contribution < 1.29 is 13.2 Å². The van der Waals surface area contributed by atoms with Crippen molar-refractivity contribution >= 4 is 0 Å². The minimum atomic E-state index is -4.41. The van der Waals surface area contributed by atoms with Gasteiger partial charge >= 0.3 is 6.18 Å². The lowest BCUT2D eigenvalue weighted by atomic mass is 9.88. The molecule has 2 aliphatic rings. The van der Waals surface area contributed by atoms with Crippen molar-refractivity contribution in [1.29, 1.82) is 0 Å². The Hall–Kier alpha value is -2.04. The van der Waals surface area contributed by atoms with Crippen molar-refractivity contribution in [1.82, 2.24) is 4.57 Å². The fraction of sp³-hybridized carbons (Fsp3) is 0.522. The van der Waals surface area contributed by atoms with Crippen LogP contribution in [0.4, 0.5) is 13.2 Å². The molecular weight excluding hydrogens is 363 g/mol. The van der Waals surface area contributed by atoms with E-state index in [-0.39, 0.29) is 5.56 Å². The number of aryl methyl sites for hydroxylation is 1. The van der Waals surface area contributed by atoms with Crippen molar-refractivity contribution in [2.75, 3.05) is 0 Å². The first-order valence-electron chi connectivity index (χ1n) is 10.4. The highest BCUT2D eigenvalue weighted by Crippen LogP contribution is 2.33. The molecule has 28 heavy (non-hydrogen) atoms. The van der Waals surface area contributed by atoms with Gasteiger partial charge < -0.3 is 4.57 Å². The lowest BCUT2D eigenvalue weighted by molar-refractivity contribution is -0.137. The van der Waals surface area contributed by atoms with Crippen molar-refractivity contribution in [3.63, 3.8) is 0 Å². The van der Waals surface area contributed by atoms with E-state index in [0.717, 1.165) is 61.9 Å². The highest BCUT2D eigenvalue weighted by Gasteiger charge is 2.31. The first kappa shape index (κ1) is 19.3. The summed E-state index contributed by atoms with van der Waals surface area (Å²) in [6.07, 6.45) is 5.44. The lowest BCUT2D eigenvalue weighted by Crippen LogP contribution is -2.31. The fourth-order valence-electron chi connectivity index (χ4n) is 4.77. The van der Waals surface area contributed by atoms with E-state index in [4.69, 9.17) is 0 Å². The van der Waals surface area contributed by atoms with Crippen LogP contribution in [0.2, 0.25) is 0 Å². The fourth-order valence-corrected chi connectivity index (χ4v) is 4.77. The van der Waals surface area contributed by atoms with Gasteiger partial charge in [0.15, 0.2) is 0 Å². The number of hydrogen-bond acceptors (Lipinski definition) is 1. The minimum absolute atomic E-state index is 0.134. The summed E-state index contributed by atoms with van der Waals surface area (Å²) < 4.78 is 41.4. The first-order valence-corrected chi connectivity index (χ1v) is 10.4. The van der Waals surface area contributed by atoms with Crippen LogP contribution < -0.4 is 5.56 Å². The molecule has 150 valence electrons. The van der Waals surface area contributed by atoms with Crippen LogP contribution in [0.25, 0.3) is 11.1 Å². The number of rotatable bonds is 3. The molecule has 0 amide bonds. The van der Waals surface area contributed by atoms with Crippen molar-refractivity contribution in [2.24, 2.45) is 5.92 Å². The van der Waals surface area contributed by atoms with Gasteiger partial charge in [-0.1, -0.05) is 31.4 Å². The van der Waals surface area contributed by atoms with Gasteiger partial charge in [0, 0.05) is 17.8 Å². The van der Waals surface area contributed by atoms with Gasteiger partial charge in [-0.2, -0.15) is 13.2 Å². The molecule has 5 heteroatoms. The van der Waals surface area contributed by atoms with E-state index in [1.165, 1.54) is 25.3 Å². The SMILES string of the molecule is O=c1c(-c2cccc(C(F)(F)F)c2)cc2c(n1CC1CCCCC1)CCCC2. The number of halogens is 3. The summed E-state index contributed by atoms with van der Waals surface area (Å²) >= 11 is 0. The molecule has 4 rings (SSSR count). The number of aromatic nitrogens is 1. The summed E-state index contributed by atoms with van der Waals surface area (Å²) in [6, 6.07) is 7.03. The van der Waals surface area contributed by atoms with Crippen LogP contribution in [0.5, 0.6) is 0 Å². The molecule has 1 fully saturated rings. The number of benzene rings is 1. The Morgan fingerprint density at radius 1 is 0.964 bits per heavy atom. The Morgan fingerprint density at radius 3 is 2.46 bits per heavy atom. The molecule has 2 nitrogen and oxygen atoms in total. The van der Waals surface area contributed by atoms with Crippen LogP contribution in [-0.4, -0.2) is 4.57 Å². The Labute approximate surface area is 163 Å². The lowest BCUT2D eigenvalue weighted by Gasteiger charge is -2.27. The second kappa shape index (κ2) is 7.76. The van der Waals surface area contributed by atoms with Crippen molar-refractivity contribution in [2.45, 2.75) is 70.5 Å². The predicted molar refractivity (Wildman–Crippen MR) is 104 cm³/mol. The monoisotopic (exact) mass is 389 g/mol. The van der Waals surface area contributed by atoms with Crippen LogP contribution in [0, 0.1) is 5.92 Å². The smallest absolute Gasteiger partial charge is 0.312 e. The molecule has 0 spiro atoms. The third-order valence-corrected chi connectivity index (χ3v) is 6.27. The van der Waals surface area contributed by atoms with E-state index < -0.39 is 11.7 Å². The second-order valence-corrected chi connectivity index (χ2v) is 8.24. The maximum absolute atomic E-state index is 13.4. The summed E-state index contributed by atoms with van der Waals surface area (Å²) in [5.74, 6) is 0.495. The van der Waals surface area contributed by atoms with Gasteiger partial charge in [0.05, 0.1) is 5.56 Å². The first-order chi connectivity index (χ1) is 13.4. The maximum atomic E-state index is 13.4. The van der Waals surface area contributed by atoms with Gasteiger partial charge in [0.25, 0.3) is 5.56 Å². The molecule has 0 atom stereocenters. The molecule has 2 aliphatic carbocycles. The summed E-state index contributed by atoms with van der Waals surface area (Å²) in [7, 11) is 0.